The third-order valence-corrected chi connectivity index (χ3v) is 36.6. The SMILES string of the molecule is [C-]#[N+]/C(C#N)=C1\C(=C\c2ccc(-c3cc4c(s3)-c3sc5c6c(sc5c3C4(c3cc(CCCCCC)cc(CCCCCC)c3)c3cc(CCCCCC)cc(CCCCCC)c3)-c3sc(-c4ccc(/C=C5\C(=O)c7ccccc7\C5=C(\C#N)[N+]#[C-])c5nsnc45)cc3C6(c3cc(CCCCCC)cc(CCCCCC)c3)c3cc(CCCCCC)cc(CCCCCC)c3)c3nsnc23)C(=O)c2ccccc21. The molecule has 142 heavy (non-hydrogen) atoms. The van der Waals surface area contributed by atoms with Crippen LogP contribution in [-0.4, -0.2) is 29.1 Å². The number of aryl methyl sites for hydroxylation is 8. The van der Waals surface area contributed by atoms with Crippen LogP contribution in [0.25, 0.3) is 105 Å². The highest BCUT2D eigenvalue weighted by atomic mass is 32.1. The highest BCUT2D eigenvalue weighted by Gasteiger charge is 2.56. The molecule has 4 aliphatic rings. The van der Waals surface area contributed by atoms with Gasteiger partial charge in [0.1, 0.15) is 22.1 Å². The highest BCUT2D eigenvalue weighted by Crippen LogP contribution is 2.72. The minimum absolute atomic E-state index is 0.120. The molecule has 0 saturated carbocycles. The Labute approximate surface area is 866 Å². The van der Waals surface area contributed by atoms with Gasteiger partial charge in [-0.1, -0.05) is 355 Å². The number of rotatable bonds is 48. The molecule has 10 nitrogen and oxygen atoms in total. The first-order valence-corrected chi connectivity index (χ1v) is 58.2. The van der Waals surface area contributed by atoms with Crippen molar-refractivity contribution in [3.05, 3.63) is 325 Å². The summed E-state index contributed by atoms with van der Waals surface area (Å²) in [7, 11) is 0. The van der Waals surface area contributed by atoms with E-state index in [0.29, 0.717) is 66.7 Å². The van der Waals surface area contributed by atoms with Crippen LogP contribution >= 0.6 is 68.8 Å². The summed E-state index contributed by atoms with van der Waals surface area (Å²) in [5.41, 5.74) is 29.8. The number of hydrogen-bond acceptors (Lipinski definition) is 14. The number of benzene rings is 8. The van der Waals surface area contributed by atoms with Crippen LogP contribution in [0.2, 0.25) is 0 Å². The third-order valence-electron chi connectivity index (χ3n) is 30.3. The van der Waals surface area contributed by atoms with E-state index in [1.807, 2.05) is 71.2 Å². The van der Waals surface area contributed by atoms with Gasteiger partial charge in [-0.25, -0.2) is 20.2 Å². The number of carbonyl (C=O) groups excluding carboxylic acids is 2. The molecule has 6 heterocycles. The summed E-state index contributed by atoms with van der Waals surface area (Å²) in [5, 5.41) is 21.2. The fraction of sp³-hybridized carbons (Fsp3) is 0.397. The van der Waals surface area contributed by atoms with Crippen molar-refractivity contribution in [1.29, 1.82) is 10.5 Å². The van der Waals surface area contributed by atoms with Crippen molar-refractivity contribution >= 4 is 135 Å². The maximum atomic E-state index is 14.8. The zero-order valence-electron chi connectivity index (χ0n) is 84.3. The van der Waals surface area contributed by atoms with Gasteiger partial charge in [-0.2, -0.15) is 17.5 Å². The van der Waals surface area contributed by atoms with E-state index in [1.165, 1.54) is 244 Å². The number of fused-ring (bicyclic) bond motifs is 13. The van der Waals surface area contributed by atoms with E-state index >= 15 is 0 Å². The van der Waals surface area contributed by atoms with Crippen LogP contribution in [0.15, 0.2) is 180 Å². The maximum Gasteiger partial charge on any atom is 0.270 e. The fourth-order valence-corrected chi connectivity index (χ4v) is 30.2. The monoisotopic (exact) mass is 1980 g/mol. The predicted molar refractivity (Wildman–Crippen MR) is 601 cm³/mol. The first-order chi connectivity index (χ1) is 69.7. The lowest BCUT2D eigenvalue weighted by Crippen LogP contribution is -2.30. The molecule has 0 fully saturated rings. The van der Waals surface area contributed by atoms with Gasteiger partial charge in [-0.3, -0.25) is 9.59 Å². The number of nitrogens with zero attached hydrogens (tertiary/aromatic N) is 8. The molecule has 18 rings (SSSR count). The van der Waals surface area contributed by atoms with Crippen LogP contribution in [0.1, 0.15) is 393 Å². The van der Waals surface area contributed by atoms with Gasteiger partial charge in [0.25, 0.3) is 11.4 Å². The van der Waals surface area contributed by atoms with Gasteiger partial charge in [0.2, 0.25) is 0 Å². The Morgan fingerprint density at radius 3 is 0.845 bits per heavy atom. The molecule has 16 heteroatoms. The standard InChI is InChI=1S/C126H132N8O2S6/c1-11-19-27-35-47-81-63-82(48-36-28-20-12-2)68-91(67-81)125(92-69-83(49-37-29-21-13-3)64-84(70-92)50-38-30-22-14-4)103-77-107(99-61-59-89(113-115(99)133-141-131-113)75-101-109(105(79-127)129-9)95-55-43-45-57-97(95)117(101)135)137-119(103)121-111(125)123-124(139-121)112-122(140-123)120-104(78-108(138-120)100-62-60-90(114-116(100)134-142-132-114)76-102-110(106(80-128)130-10)96-56-44-46-58-98(96)118(102)136)126(112,93-71-85(51-39-31-23-15-5)65-86(72-93)52-40-32-24-16-6)94-73-87(53-41-33-25-17-7)66-88(74-94)54-42-34-26-18-8/h43-46,55-78H,11-42,47-54H2,1-8H3/b101-75-,102-76-,109-105-,110-106+. The molecule has 14 aromatic rings. The third kappa shape index (κ3) is 19.9. The van der Waals surface area contributed by atoms with Crippen molar-refractivity contribution in [2.75, 3.05) is 0 Å². The van der Waals surface area contributed by atoms with Crippen LogP contribution in [0.5, 0.6) is 0 Å². The molecule has 8 aromatic carbocycles. The topological polar surface area (TPSA) is 142 Å². The number of allylic oxidation sites excluding steroid dienone is 6. The zero-order valence-corrected chi connectivity index (χ0v) is 89.2. The molecule has 6 aromatic heterocycles. The molecule has 0 atom stereocenters. The molecule has 0 spiro atoms. The van der Waals surface area contributed by atoms with Gasteiger partial charge in [0.15, 0.2) is 11.6 Å². The average Bonchev–Trinajstić information content (AvgIpc) is 1.48. The smallest absolute Gasteiger partial charge is 0.270 e. The number of thiophene rings is 4. The lowest BCUT2D eigenvalue weighted by molar-refractivity contribution is 0.103. The van der Waals surface area contributed by atoms with Crippen molar-refractivity contribution in [2.24, 2.45) is 0 Å². The number of nitriles is 2. The van der Waals surface area contributed by atoms with E-state index < -0.39 is 10.8 Å². The number of aromatic nitrogens is 4. The van der Waals surface area contributed by atoms with Crippen LogP contribution < -0.4 is 0 Å². The van der Waals surface area contributed by atoms with E-state index in [4.69, 9.17) is 30.6 Å². The Bertz CT molecular complexity index is 6640. The number of Topliss-reactive ketones (excluding diaryl/α,β-unsaturated/α-hetero) is 2. The normalized spacial score (nSPS) is 14.9. The summed E-state index contributed by atoms with van der Waals surface area (Å²) in [6.07, 6.45) is 48.8. The summed E-state index contributed by atoms with van der Waals surface area (Å²) in [6, 6.07) is 64.9. The number of unbranched alkanes of at least 4 members (excludes halogenated alkanes) is 24. The quantitative estimate of drug-likeness (QED) is 0.0159. The van der Waals surface area contributed by atoms with Gasteiger partial charge in [0, 0.05) is 76.6 Å². The predicted octanol–water partition coefficient (Wildman–Crippen LogP) is 37.0. The Morgan fingerprint density at radius 2 is 0.585 bits per heavy atom. The molecule has 0 N–H and O–H groups in total. The molecule has 724 valence electrons. The van der Waals surface area contributed by atoms with Crippen LogP contribution in [0, 0.1) is 35.8 Å². The van der Waals surface area contributed by atoms with Gasteiger partial charge in [-0.05, 0) is 216 Å². The molecular weight excluding hydrogens is 1850 g/mol. The maximum absolute atomic E-state index is 14.8. The molecule has 4 aliphatic carbocycles. The van der Waals surface area contributed by atoms with Crippen molar-refractivity contribution in [3.8, 4) is 52.5 Å². The lowest BCUT2D eigenvalue weighted by atomic mass is 9.65. The summed E-state index contributed by atoms with van der Waals surface area (Å²) in [4.78, 5) is 44.5. The van der Waals surface area contributed by atoms with Crippen LogP contribution in [0.3, 0.4) is 0 Å². The first-order valence-electron chi connectivity index (χ1n) is 53.5. The Balaban J connectivity index is 0.973. The summed E-state index contributed by atoms with van der Waals surface area (Å²) >= 11 is 10.3. The van der Waals surface area contributed by atoms with Crippen molar-refractivity contribution in [2.45, 2.75) is 323 Å². The van der Waals surface area contributed by atoms with E-state index in [2.05, 4.69) is 209 Å². The molecule has 0 bridgehead atoms. The molecule has 0 amide bonds. The molecule has 0 saturated heterocycles. The highest BCUT2D eigenvalue weighted by molar-refractivity contribution is 7.35. The minimum Gasteiger partial charge on any atom is -0.289 e. The number of carbonyl (C=O) groups is 2. The minimum atomic E-state index is -0.869. The lowest BCUT2D eigenvalue weighted by Gasteiger charge is -2.35. The summed E-state index contributed by atoms with van der Waals surface area (Å²) < 4.78 is 23.6. The fourth-order valence-electron chi connectivity index (χ4n) is 23.2. The summed E-state index contributed by atoms with van der Waals surface area (Å²) in [6.45, 7) is 35.1. The first kappa shape index (κ1) is 101. The van der Waals surface area contributed by atoms with Gasteiger partial charge in [-0.15, -0.1) is 45.3 Å². The van der Waals surface area contributed by atoms with Gasteiger partial charge in [0.05, 0.1) is 88.5 Å². The van der Waals surface area contributed by atoms with Crippen molar-refractivity contribution in [1.82, 2.24) is 17.5 Å². The molecule has 0 radical (unpaired) electrons. The van der Waals surface area contributed by atoms with E-state index in [-0.39, 0.29) is 23.0 Å². The average molecular weight is 1980 g/mol. The number of hydrogen-bond donors (Lipinski definition) is 0. The Morgan fingerprint density at radius 1 is 0.317 bits per heavy atom. The second-order valence-electron chi connectivity index (χ2n) is 40.2. The second kappa shape index (κ2) is 46.6. The molecule has 0 aliphatic heterocycles. The Kier molecular flexibility index (Phi) is 33.1. The van der Waals surface area contributed by atoms with E-state index in [0.717, 1.165) is 186 Å². The molecule has 0 unspecified atom stereocenters. The van der Waals surface area contributed by atoms with Crippen molar-refractivity contribution < 1.29 is 9.59 Å². The number of ketones is 2. The van der Waals surface area contributed by atoms with Crippen LogP contribution in [0.4, 0.5) is 0 Å². The largest absolute Gasteiger partial charge is 0.289 e. The van der Waals surface area contributed by atoms with Gasteiger partial charge >= 0.3 is 0 Å². The van der Waals surface area contributed by atoms with E-state index in [9.17, 15) is 20.1 Å². The van der Waals surface area contributed by atoms with Gasteiger partial charge < -0.3 is 0 Å². The Hall–Kier alpha value is -11.3. The van der Waals surface area contributed by atoms with Crippen LogP contribution in [-0.2, 0) is 62.2 Å². The van der Waals surface area contributed by atoms with E-state index in [1.54, 1.807) is 12.1 Å². The van der Waals surface area contributed by atoms with Crippen molar-refractivity contribution in [3.63, 3.8) is 0 Å². The second-order valence-corrected chi connectivity index (χ2v) is 45.4. The molecular formula is C126H132N8O2S6. The summed E-state index contributed by atoms with van der Waals surface area (Å²) in [5.74, 6) is -0.449. The zero-order chi connectivity index (χ0) is 98.4.